The molecule has 0 bridgehead atoms. The second-order valence-corrected chi connectivity index (χ2v) is 3.94. The maximum atomic E-state index is 9.02. The third-order valence-electron chi connectivity index (χ3n) is 2.80. The first-order chi connectivity index (χ1) is 7.67. The zero-order valence-corrected chi connectivity index (χ0v) is 9.89. The van der Waals surface area contributed by atoms with Crippen molar-refractivity contribution in [3.63, 3.8) is 0 Å². The summed E-state index contributed by atoms with van der Waals surface area (Å²) < 4.78 is 5.62. The van der Waals surface area contributed by atoms with E-state index in [0.29, 0.717) is 23.7 Å². The summed E-state index contributed by atoms with van der Waals surface area (Å²) in [5.74, 6) is 1.25. The Hall–Kier alpha value is -0.995. The summed E-state index contributed by atoms with van der Waals surface area (Å²) in [6.07, 6.45) is 2.19. The first kappa shape index (κ1) is 13.1. The van der Waals surface area contributed by atoms with Crippen LogP contribution in [-0.2, 0) is 0 Å². The smallest absolute Gasteiger partial charge is 0.488 e. The minimum Gasteiger partial charge on any atom is -0.493 e. The maximum absolute atomic E-state index is 9.02. The molecule has 88 valence electrons. The molecule has 0 aliphatic carbocycles. The second-order valence-electron chi connectivity index (χ2n) is 3.94. The molecule has 0 heterocycles. The van der Waals surface area contributed by atoms with E-state index in [-0.39, 0.29) is 0 Å². The molecule has 3 nitrogen and oxygen atoms in total. The molecule has 0 fully saturated rings. The number of ether oxygens (including phenoxy) is 1. The number of hydrogen-bond acceptors (Lipinski definition) is 3. The highest BCUT2D eigenvalue weighted by Gasteiger charge is 2.11. The molecule has 0 amide bonds. The van der Waals surface area contributed by atoms with Crippen LogP contribution >= 0.6 is 0 Å². The Bertz CT molecular complexity index is 311. The lowest BCUT2D eigenvalue weighted by atomic mass is 9.80. The van der Waals surface area contributed by atoms with E-state index in [9.17, 15) is 0 Å². The van der Waals surface area contributed by atoms with Gasteiger partial charge in [0.15, 0.2) is 0 Å². The van der Waals surface area contributed by atoms with Gasteiger partial charge in [0.25, 0.3) is 0 Å². The third-order valence-corrected chi connectivity index (χ3v) is 2.80. The molecule has 0 saturated heterocycles. The van der Waals surface area contributed by atoms with Crippen LogP contribution in [0.3, 0.4) is 0 Å². The molecule has 0 aromatic heterocycles. The van der Waals surface area contributed by atoms with Gasteiger partial charge in [0, 0.05) is 0 Å². The fourth-order valence-corrected chi connectivity index (χ4v) is 1.50. The molecule has 4 heteroatoms. The van der Waals surface area contributed by atoms with Gasteiger partial charge in [-0.1, -0.05) is 38.8 Å². The monoisotopic (exact) mass is 222 g/mol. The molecule has 0 saturated carbocycles. The molecular weight excluding hydrogens is 203 g/mol. The predicted octanol–water partition coefficient (Wildman–Crippen LogP) is 1.18. The van der Waals surface area contributed by atoms with Gasteiger partial charge in [-0.05, 0) is 23.5 Å². The van der Waals surface area contributed by atoms with E-state index in [1.54, 1.807) is 18.2 Å². The van der Waals surface area contributed by atoms with Gasteiger partial charge in [0.1, 0.15) is 5.75 Å². The van der Waals surface area contributed by atoms with Gasteiger partial charge >= 0.3 is 7.12 Å². The molecule has 2 N–H and O–H groups in total. The predicted molar refractivity (Wildman–Crippen MR) is 65.8 cm³/mol. The van der Waals surface area contributed by atoms with Crippen LogP contribution in [0.2, 0.25) is 0 Å². The van der Waals surface area contributed by atoms with Gasteiger partial charge in [-0.3, -0.25) is 0 Å². The van der Waals surface area contributed by atoms with Crippen molar-refractivity contribution in [3.05, 3.63) is 24.3 Å². The quantitative estimate of drug-likeness (QED) is 0.710. The third kappa shape index (κ3) is 3.87. The molecule has 1 aromatic carbocycles. The van der Waals surface area contributed by atoms with E-state index in [2.05, 4.69) is 13.8 Å². The van der Waals surface area contributed by atoms with Crippen molar-refractivity contribution in [1.82, 2.24) is 0 Å². The Kier molecular flexibility index (Phi) is 5.36. The summed E-state index contributed by atoms with van der Waals surface area (Å²) in [4.78, 5) is 0. The summed E-state index contributed by atoms with van der Waals surface area (Å²) in [5.41, 5.74) is 0.460. The standard InChI is InChI=1S/C12H19BO3/c1-3-10(4-2)9-16-12-7-5-6-11(8-12)13(14)15/h5-8,10,14-15H,3-4,9H2,1-2H3. The summed E-state index contributed by atoms with van der Waals surface area (Å²) in [6.45, 7) is 4.97. The number of benzene rings is 1. The summed E-state index contributed by atoms with van der Waals surface area (Å²) in [7, 11) is -1.43. The van der Waals surface area contributed by atoms with Gasteiger partial charge in [0.05, 0.1) is 6.61 Å². The van der Waals surface area contributed by atoms with Gasteiger partial charge in [0.2, 0.25) is 0 Å². The van der Waals surface area contributed by atoms with Crippen molar-refractivity contribution in [3.8, 4) is 5.75 Å². The van der Waals surface area contributed by atoms with Crippen molar-refractivity contribution < 1.29 is 14.8 Å². The van der Waals surface area contributed by atoms with Gasteiger partial charge in [-0.2, -0.15) is 0 Å². The van der Waals surface area contributed by atoms with Crippen LogP contribution in [0, 0.1) is 5.92 Å². The Morgan fingerprint density at radius 3 is 2.50 bits per heavy atom. The Morgan fingerprint density at radius 2 is 1.94 bits per heavy atom. The number of hydrogen-bond donors (Lipinski definition) is 2. The average Bonchev–Trinajstić information content (AvgIpc) is 2.31. The summed E-state index contributed by atoms with van der Waals surface area (Å²) >= 11 is 0. The highest BCUT2D eigenvalue weighted by atomic mass is 16.5. The van der Waals surface area contributed by atoms with Crippen LogP contribution < -0.4 is 10.2 Å². The minimum absolute atomic E-state index is 0.460. The summed E-state index contributed by atoms with van der Waals surface area (Å²) in [6, 6.07) is 6.91. The molecule has 0 aliphatic heterocycles. The zero-order chi connectivity index (χ0) is 12.0. The maximum Gasteiger partial charge on any atom is 0.488 e. The molecular formula is C12H19BO3. The lowest BCUT2D eigenvalue weighted by molar-refractivity contribution is 0.240. The van der Waals surface area contributed by atoms with E-state index in [1.807, 2.05) is 6.07 Å². The van der Waals surface area contributed by atoms with Crippen molar-refractivity contribution >= 4 is 12.6 Å². The second kappa shape index (κ2) is 6.56. The minimum atomic E-state index is -1.43. The molecule has 0 radical (unpaired) electrons. The molecule has 0 unspecified atom stereocenters. The molecule has 0 spiro atoms. The number of rotatable bonds is 6. The van der Waals surface area contributed by atoms with E-state index < -0.39 is 7.12 Å². The summed E-state index contributed by atoms with van der Waals surface area (Å²) in [5, 5.41) is 18.0. The van der Waals surface area contributed by atoms with Gasteiger partial charge in [-0.15, -0.1) is 0 Å². The van der Waals surface area contributed by atoms with Crippen molar-refractivity contribution in [2.75, 3.05) is 6.61 Å². The van der Waals surface area contributed by atoms with Gasteiger partial charge < -0.3 is 14.8 Å². The first-order valence-corrected chi connectivity index (χ1v) is 5.76. The molecule has 16 heavy (non-hydrogen) atoms. The van der Waals surface area contributed by atoms with Crippen LogP contribution in [0.5, 0.6) is 5.75 Å². The van der Waals surface area contributed by atoms with Crippen LogP contribution in [0.1, 0.15) is 26.7 Å². The molecule has 0 aliphatic rings. The van der Waals surface area contributed by atoms with Crippen LogP contribution in [0.15, 0.2) is 24.3 Å². The van der Waals surface area contributed by atoms with Crippen molar-refractivity contribution in [1.29, 1.82) is 0 Å². The van der Waals surface area contributed by atoms with E-state index in [4.69, 9.17) is 14.8 Å². The van der Waals surface area contributed by atoms with Crippen molar-refractivity contribution in [2.45, 2.75) is 26.7 Å². The lowest BCUT2D eigenvalue weighted by Crippen LogP contribution is -2.29. The van der Waals surface area contributed by atoms with E-state index >= 15 is 0 Å². The SMILES string of the molecule is CCC(CC)COc1cccc(B(O)O)c1. The van der Waals surface area contributed by atoms with E-state index in [1.165, 1.54) is 0 Å². The average molecular weight is 222 g/mol. The highest BCUT2D eigenvalue weighted by Crippen LogP contribution is 2.13. The van der Waals surface area contributed by atoms with Crippen LogP contribution in [0.25, 0.3) is 0 Å². The fourth-order valence-electron chi connectivity index (χ4n) is 1.50. The van der Waals surface area contributed by atoms with E-state index in [0.717, 1.165) is 12.8 Å². The largest absolute Gasteiger partial charge is 0.493 e. The molecule has 1 rings (SSSR count). The Morgan fingerprint density at radius 1 is 1.25 bits per heavy atom. The zero-order valence-electron chi connectivity index (χ0n) is 9.89. The Labute approximate surface area is 97.2 Å². The molecule has 1 aromatic rings. The fraction of sp³-hybridized carbons (Fsp3) is 0.500. The molecule has 0 atom stereocenters. The Balaban J connectivity index is 2.56. The van der Waals surface area contributed by atoms with Crippen molar-refractivity contribution in [2.24, 2.45) is 5.92 Å². The highest BCUT2D eigenvalue weighted by molar-refractivity contribution is 6.58. The lowest BCUT2D eigenvalue weighted by Gasteiger charge is -2.14. The topological polar surface area (TPSA) is 49.7 Å². The van der Waals surface area contributed by atoms with Gasteiger partial charge in [-0.25, -0.2) is 0 Å². The normalized spacial score (nSPS) is 10.6. The van der Waals surface area contributed by atoms with Crippen LogP contribution in [-0.4, -0.2) is 23.8 Å². The first-order valence-electron chi connectivity index (χ1n) is 5.76. The van der Waals surface area contributed by atoms with Crippen LogP contribution in [0.4, 0.5) is 0 Å².